The third-order valence-electron chi connectivity index (χ3n) is 4.11. The number of carbonyl (C=O) groups is 1. The molecule has 0 fully saturated rings. The first-order chi connectivity index (χ1) is 14.1. The van der Waals surface area contributed by atoms with Crippen molar-refractivity contribution in [1.29, 1.82) is 0 Å². The second kappa shape index (κ2) is 8.34. The van der Waals surface area contributed by atoms with Gasteiger partial charge in [-0.05, 0) is 66.8 Å². The normalized spacial score (nSPS) is 10.5. The van der Waals surface area contributed by atoms with Crippen LogP contribution in [-0.4, -0.2) is 16.0 Å². The maximum absolute atomic E-state index is 13.7. The van der Waals surface area contributed by atoms with Gasteiger partial charge in [0, 0.05) is 17.1 Å². The molecule has 0 aliphatic rings. The zero-order valence-corrected chi connectivity index (χ0v) is 16.6. The number of nitrogens with one attached hydrogen (secondary N) is 3. The predicted molar refractivity (Wildman–Crippen MR) is 120 cm³/mol. The van der Waals surface area contributed by atoms with E-state index < -0.39 is 11.7 Å². The summed E-state index contributed by atoms with van der Waals surface area (Å²) in [5.41, 5.74) is 4.86. The average molecular weight is 423 g/mol. The van der Waals surface area contributed by atoms with Crippen molar-refractivity contribution in [2.75, 3.05) is 16.0 Å². The maximum atomic E-state index is 13.7. The lowest BCUT2D eigenvalue weighted by molar-refractivity contribution is 0.102. The zero-order chi connectivity index (χ0) is 20.2. The van der Waals surface area contributed by atoms with Crippen molar-refractivity contribution in [3.63, 3.8) is 0 Å². The van der Waals surface area contributed by atoms with Crippen molar-refractivity contribution >= 4 is 61.9 Å². The SMILES string of the molecule is O=C(Nc1ccc(NC(=S)Nc2ccc3scnc3c2)cc1)c1ccccc1F. The molecule has 3 aromatic carbocycles. The summed E-state index contributed by atoms with van der Waals surface area (Å²) in [6, 6.07) is 18.7. The Morgan fingerprint density at radius 3 is 2.31 bits per heavy atom. The molecular formula is C21H15FN4OS2. The molecule has 0 bridgehead atoms. The molecule has 5 nitrogen and oxygen atoms in total. The number of thiocarbonyl (C=S) groups is 1. The number of hydrogen-bond acceptors (Lipinski definition) is 4. The molecule has 0 saturated carbocycles. The van der Waals surface area contributed by atoms with Crippen LogP contribution in [0.4, 0.5) is 21.5 Å². The van der Waals surface area contributed by atoms with Gasteiger partial charge in [-0.1, -0.05) is 12.1 Å². The zero-order valence-electron chi connectivity index (χ0n) is 15.0. The molecule has 4 rings (SSSR count). The highest BCUT2D eigenvalue weighted by Gasteiger charge is 2.11. The molecule has 4 aromatic rings. The molecule has 1 aromatic heterocycles. The molecule has 0 atom stereocenters. The van der Waals surface area contributed by atoms with Gasteiger partial charge in [0.1, 0.15) is 5.82 Å². The van der Waals surface area contributed by atoms with Crippen LogP contribution in [0.25, 0.3) is 10.2 Å². The Balaban J connectivity index is 1.36. The van der Waals surface area contributed by atoms with Gasteiger partial charge in [-0.25, -0.2) is 9.37 Å². The smallest absolute Gasteiger partial charge is 0.258 e. The van der Waals surface area contributed by atoms with Crippen molar-refractivity contribution in [3.05, 3.63) is 83.6 Å². The summed E-state index contributed by atoms with van der Waals surface area (Å²) in [6.45, 7) is 0. The second-order valence-corrected chi connectivity index (χ2v) is 7.42. The first-order valence-electron chi connectivity index (χ1n) is 8.66. The molecule has 0 aliphatic heterocycles. The third kappa shape index (κ3) is 4.56. The molecule has 144 valence electrons. The summed E-state index contributed by atoms with van der Waals surface area (Å²) >= 11 is 6.93. The van der Waals surface area contributed by atoms with Crippen LogP contribution in [0.15, 0.2) is 72.2 Å². The number of amides is 1. The van der Waals surface area contributed by atoms with E-state index in [9.17, 15) is 9.18 Å². The van der Waals surface area contributed by atoms with E-state index in [-0.39, 0.29) is 5.56 Å². The van der Waals surface area contributed by atoms with Gasteiger partial charge in [0.2, 0.25) is 0 Å². The van der Waals surface area contributed by atoms with Crippen molar-refractivity contribution in [1.82, 2.24) is 4.98 Å². The minimum Gasteiger partial charge on any atom is -0.332 e. The van der Waals surface area contributed by atoms with E-state index in [1.165, 1.54) is 12.1 Å². The quantitative estimate of drug-likeness (QED) is 0.379. The molecule has 0 radical (unpaired) electrons. The minimum atomic E-state index is -0.560. The van der Waals surface area contributed by atoms with Gasteiger partial charge in [0.15, 0.2) is 5.11 Å². The number of benzene rings is 3. The predicted octanol–water partition coefficient (Wildman–Crippen LogP) is 5.50. The van der Waals surface area contributed by atoms with Crippen LogP contribution in [-0.2, 0) is 0 Å². The Bertz CT molecular complexity index is 1190. The van der Waals surface area contributed by atoms with Crippen LogP contribution in [0.2, 0.25) is 0 Å². The number of hydrogen-bond donors (Lipinski definition) is 3. The number of thiazole rings is 1. The van der Waals surface area contributed by atoms with Gasteiger partial charge in [0.25, 0.3) is 5.91 Å². The highest BCUT2D eigenvalue weighted by Crippen LogP contribution is 2.22. The van der Waals surface area contributed by atoms with Crippen molar-refractivity contribution in [2.45, 2.75) is 0 Å². The molecule has 3 N–H and O–H groups in total. The Hall–Kier alpha value is -3.36. The molecule has 0 saturated heterocycles. The van der Waals surface area contributed by atoms with E-state index in [2.05, 4.69) is 20.9 Å². The van der Waals surface area contributed by atoms with Crippen molar-refractivity contribution < 1.29 is 9.18 Å². The number of nitrogens with zero attached hydrogens (tertiary/aromatic N) is 1. The van der Waals surface area contributed by atoms with Crippen molar-refractivity contribution in [3.8, 4) is 0 Å². The Kier molecular flexibility index (Phi) is 5.46. The minimum absolute atomic E-state index is 0.00263. The molecule has 1 heterocycles. The van der Waals surface area contributed by atoms with E-state index in [1.807, 2.05) is 18.2 Å². The number of fused-ring (bicyclic) bond motifs is 1. The van der Waals surface area contributed by atoms with Crippen LogP contribution in [0.1, 0.15) is 10.4 Å². The third-order valence-corrected chi connectivity index (χ3v) is 5.12. The number of rotatable bonds is 4. The summed E-state index contributed by atoms with van der Waals surface area (Å²) in [5.74, 6) is -1.06. The van der Waals surface area contributed by atoms with Gasteiger partial charge < -0.3 is 16.0 Å². The second-order valence-electron chi connectivity index (χ2n) is 6.13. The monoisotopic (exact) mass is 422 g/mol. The average Bonchev–Trinajstić information content (AvgIpc) is 3.17. The lowest BCUT2D eigenvalue weighted by atomic mass is 10.2. The maximum Gasteiger partial charge on any atom is 0.258 e. The molecule has 0 aliphatic carbocycles. The summed E-state index contributed by atoms with van der Waals surface area (Å²) in [6.07, 6.45) is 0. The highest BCUT2D eigenvalue weighted by molar-refractivity contribution is 7.80. The summed E-state index contributed by atoms with van der Waals surface area (Å²) in [5, 5.41) is 9.31. The van der Waals surface area contributed by atoms with Crippen LogP contribution >= 0.6 is 23.6 Å². The first-order valence-corrected chi connectivity index (χ1v) is 9.94. The van der Waals surface area contributed by atoms with Gasteiger partial charge in [-0.3, -0.25) is 4.79 Å². The molecule has 0 spiro atoms. The lowest BCUT2D eigenvalue weighted by Crippen LogP contribution is -2.19. The summed E-state index contributed by atoms with van der Waals surface area (Å²) < 4.78 is 14.8. The highest BCUT2D eigenvalue weighted by atomic mass is 32.1. The molecule has 29 heavy (non-hydrogen) atoms. The van der Waals surface area contributed by atoms with E-state index in [1.54, 1.807) is 53.2 Å². The molecule has 1 amide bonds. The van der Waals surface area contributed by atoms with Crippen LogP contribution < -0.4 is 16.0 Å². The van der Waals surface area contributed by atoms with E-state index in [0.717, 1.165) is 21.6 Å². The summed E-state index contributed by atoms with van der Waals surface area (Å²) in [7, 11) is 0. The standard InChI is InChI=1S/C21H15FN4OS2/c22-17-4-2-1-3-16(17)20(27)24-13-5-7-14(8-6-13)25-21(28)26-15-9-10-19-18(11-15)23-12-29-19/h1-12H,(H,24,27)(H2,25,26,28). The van der Waals surface area contributed by atoms with E-state index in [0.29, 0.717) is 10.8 Å². The Labute approximate surface area is 175 Å². The van der Waals surface area contributed by atoms with Gasteiger partial charge >= 0.3 is 0 Å². The number of anilines is 3. The van der Waals surface area contributed by atoms with Crippen molar-refractivity contribution in [2.24, 2.45) is 0 Å². The fraction of sp³-hybridized carbons (Fsp3) is 0. The van der Waals surface area contributed by atoms with E-state index in [4.69, 9.17) is 12.2 Å². The van der Waals surface area contributed by atoms with E-state index >= 15 is 0 Å². The lowest BCUT2D eigenvalue weighted by Gasteiger charge is -2.11. The fourth-order valence-electron chi connectivity index (χ4n) is 2.71. The molecular weight excluding hydrogens is 407 g/mol. The molecule has 0 unspecified atom stereocenters. The van der Waals surface area contributed by atoms with Crippen LogP contribution in [0, 0.1) is 5.82 Å². The number of aromatic nitrogens is 1. The fourth-order valence-corrected chi connectivity index (χ4v) is 3.60. The number of carbonyl (C=O) groups excluding carboxylic acids is 1. The van der Waals surface area contributed by atoms with Gasteiger partial charge in [-0.2, -0.15) is 0 Å². The van der Waals surface area contributed by atoms with Crippen LogP contribution in [0.3, 0.4) is 0 Å². The van der Waals surface area contributed by atoms with Gasteiger partial charge in [0.05, 0.1) is 21.3 Å². The van der Waals surface area contributed by atoms with Gasteiger partial charge in [-0.15, -0.1) is 11.3 Å². The molecule has 8 heteroatoms. The number of halogens is 1. The Morgan fingerprint density at radius 2 is 1.55 bits per heavy atom. The summed E-state index contributed by atoms with van der Waals surface area (Å²) in [4.78, 5) is 16.5. The van der Waals surface area contributed by atoms with Crippen LogP contribution in [0.5, 0.6) is 0 Å². The first kappa shape index (κ1) is 19.0. The topological polar surface area (TPSA) is 66.1 Å². The Morgan fingerprint density at radius 1 is 0.897 bits per heavy atom. The largest absolute Gasteiger partial charge is 0.332 e.